The van der Waals surface area contributed by atoms with Crippen molar-refractivity contribution in [2.24, 2.45) is 0 Å². The zero-order chi connectivity index (χ0) is 36.9. The first-order chi connectivity index (χ1) is 25.3. The second-order valence-electron chi connectivity index (χ2n) is 11.3. The van der Waals surface area contributed by atoms with Gasteiger partial charge in [0, 0.05) is 0 Å². The highest BCUT2D eigenvalue weighted by Crippen LogP contribution is 2.53. The maximum absolute atomic E-state index is 14.4. The number of phosphoric ester groups is 1. The van der Waals surface area contributed by atoms with Crippen molar-refractivity contribution in [3.05, 3.63) is 131 Å². The van der Waals surface area contributed by atoms with Crippen LogP contribution in [0.1, 0.15) is 22.3 Å². The molecule has 5 rings (SSSR count). The predicted molar refractivity (Wildman–Crippen MR) is 188 cm³/mol. The van der Waals surface area contributed by atoms with Gasteiger partial charge in [-0.3, -0.25) is 13.6 Å². The number of hydrogen-bond acceptors (Lipinski definition) is 13. The molecule has 0 fully saturated rings. The molecule has 1 aliphatic rings. The van der Waals surface area contributed by atoms with Gasteiger partial charge in [0.05, 0.1) is 48.3 Å². The number of phosphoric acid groups is 1. The van der Waals surface area contributed by atoms with Gasteiger partial charge in [-0.15, -0.1) is 0 Å². The lowest BCUT2D eigenvalue weighted by molar-refractivity contribution is -0.148. The van der Waals surface area contributed by atoms with E-state index in [0.717, 1.165) is 0 Å². The molecule has 0 radical (unpaired) electrons. The Morgan fingerprint density at radius 3 is 1.44 bits per heavy atom. The van der Waals surface area contributed by atoms with Crippen molar-refractivity contribution in [3.8, 4) is 23.0 Å². The maximum atomic E-state index is 14.4. The van der Waals surface area contributed by atoms with E-state index in [1.54, 1.807) is 111 Å². The second-order valence-corrected chi connectivity index (χ2v) is 12.9. The predicted octanol–water partition coefficient (Wildman–Crippen LogP) is 6.51. The lowest BCUT2D eigenvalue weighted by Gasteiger charge is -2.27. The quantitative estimate of drug-likeness (QED) is 0.0778. The molecule has 1 aliphatic heterocycles. The van der Waals surface area contributed by atoms with Crippen LogP contribution in [0.4, 0.5) is 0 Å². The summed E-state index contributed by atoms with van der Waals surface area (Å²) in [5, 5.41) is 10.6. The Bertz CT molecular complexity index is 1820. The van der Waals surface area contributed by atoms with Crippen LogP contribution in [0.15, 0.2) is 109 Å². The third-order valence-electron chi connectivity index (χ3n) is 7.78. The summed E-state index contributed by atoms with van der Waals surface area (Å²) < 4.78 is 71.0. The van der Waals surface area contributed by atoms with E-state index in [1.165, 1.54) is 14.2 Å². The second kappa shape index (κ2) is 18.5. The number of hydrogen-bond donors (Lipinski definition) is 1. The molecule has 4 aromatic carbocycles. The molecule has 14 heteroatoms. The third kappa shape index (κ3) is 10.3. The fourth-order valence-corrected chi connectivity index (χ4v) is 6.42. The van der Waals surface area contributed by atoms with E-state index in [9.17, 15) is 14.5 Å². The van der Waals surface area contributed by atoms with Crippen molar-refractivity contribution in [1.82, 2.24) is 0 Å². The molecule has 0 aromatic heterocycles. The van der Waals surface area contributed by atoms with Crippen LogP contribution in [-0.4, -0.2) is 58.3 Å². The van der Waals surface area contributed by atoms with Crippen molar-refractivity contribution in [1.29, 1.82) is 0 Å². The fraction of sp³-hybridized carbons (Fsp3) is 0.289. The number of carbonyl (C=O) groups excluding carboxylic acids is 1. The van der Waals surface area contributed by atoms with Crippen LogP contribution < -0.4 is 18.9 Å². The van der Waals surface area contributed by atoms with Crippen molar-refractivity contribution in [2.75, 3.05) is 35.0 Å². The smallest absolute Gasteiger partial charge is 0.475 e. The zero-order valence-electron chi connectivity index (χ0n) is 29.2. The summed E-state index contributed by atoms with van der Waals surface area (Å²) in [5.41, 5.74) is 2.62. The van der Waals surface area contributed by atoms with Crippen LogP contribution in [0.5, 0.6) is 23.0 Å². The number of aliphatic hydroxyl groups excluding tert-OH is 1. The minimum absolute atomic E-state index is 0.0415. The van der Waals surface area contributed by atoms with Crippen LogP contribution >= 0.6 is 7.82 Å². The highest BCUT2D eigenvalue weighted by molar-refractivity contribution is 7.48. The highest BCUT2D eigenvalue weighted by atomic mass is 31.2. The summed E-state index contributed by atoms with van der Waals surface area (Å²) in [6.45, 7) is -1.28. The molecule has 4 aromatic rings. The summed E-state index contributed by atoms with van der Waals surface area (Å²) in [6, 6.07) is 28.1. The number of esters is 1. The van der Waals surface area contributed by atoms with E-state index in [2.05, 4.69) is 0 Å². The van der Waals surface area contributed by atoms with Crippen LogP contribution in [0.3, 0.4) is 0 Å². The Balaban J connectivity index is 1.43. The van der Waals surface area contributed by atoms with Gasteiger partial charge in [0.2, 0.25) is 5.76 Å². The molecule has 1 heterocycles. The normalized spacial score (nSPS) is 14.8. The Hall–Kier alpha value is -5.04. The van der Waals surface area contributed by atoms with Crippen molar-refractivity contribution in [3.63, 3.8) is 0 Å². The van der Waals surface area contributed by atoms with Gasteiger partial charge in [-0.05, 0) is 70.8 Å². The molecule has 1 N–H and O–H groups in total. The summed E-state index contributed by atoms with van der Waals surface area (Å²) in [4.78, 5) is 13.4. The SMILES string of the molecule is COc1cccc(COC2=C(OCc3cccc(OC)c3)[C@@H]([C@H](CO)OP(=O)(OCc3cccc(OC)c3)OCc3cccc(OC)c3)OC2=O)c1. The van der Waals surface area contributed by atoms with Crippen LogP contribution in [0.2, 0.25) is 0 Å². The topological polar surface area (TPSA) is 147 Å². The first kappa shape index (κ1) is 38.2. The van der Waals surface area contributed by atoms with Crippen LogP contribution in [0.25, 0.3) is 0 Å². The number of aliphatic hydroxyl groups is 1. The number of cyclic esters (lactones) is 1. The van der Waals surface area contributed by atoms with Gasteiger partial charge < -0.3 is 38.3 Å². The lowest BCUT2D eigenvalue weighted by atomic mass is 10.1. The van der Waals surface area contributed by atoms with E-state index in [1.807, 2.05) is 0 Å². The van der Waals surface area contributed by atoms with Gasteiger partial charge in [0.1, 0.15) is 42.3 Å². The standard InChI is InChI=1S/C38H41O13P/c1-42-30-13-5-9-26(17-30)22-46-36-35(50-38(40)37(36)47-23-27-10-6-14-31(18-27)43-2)34(21-39)51-52(41,48-24-28-11-7-15-32(19-28)44-3)49-25-29-12-8-16-33(20-29)45-4/h5-20,34-35,39H,21-25H2,1-4H3/t34-,35+/m0/s1. The largest absolute Gasteiger partial charge is 0.497 e. The van der Waals surface area contributed by atoms with E-state index in [0.29, 0.717) is 45.3 Å². The van der Waals surface area contributed by atoms with E-state index >= 15 is 0 Å². The molecule has 0 unspecified atom stereocenters. The molecule has 0 saturated carbocycles. The molecule has 2 atom stereocenters. The molecule has 0 saturated heterocycles. The van der Waals surface area contributed by atoms with Gasteiger partial charge in [-0.2, -0.15) is 0 Å². The third-order valence-corrected chi connectivity index (χ3v) is 9.20. The van der Waals surface area contributed by atoms with Gasteiger partial charge in [-0.25, -0.2) is 9.36 Å². The van der Waals surface area contributed by atoms with Crippen LogP contribution in [-0.2, 0) is 63.6 Å². The molecule has 276 valence electrons. The molecular weight excluding hydrogens is 695 g/mol. The van der Waals surface area contributed by atoms with E-state index in [-0.39, 0.29) is 37.9 Å². The van der Waals surface area contributed by atoms with Crippen molar-refractivity contribution in [2.45, 2.75) is 38.6 Å². The highest BCUT2D eigenvalue weighted by Gasteiger charge is 2.46. The average Bonchev–Trinajstić information content (AvgIpc) is 3.51. The Morgan fingerprint density at radius 2 is 1.04 bits per heavy atom. The van der Waals surface area contributed by atoms with Crippen molar-refractivity contribution >= 4 is 13.8 Å². The van der Waals surface area contributed by atoms with Crippen molar-refractivity contribution < 1.29 is 61.2 Å². The molecule has 13 nitrogen and oxygen atoms in total. The fourth-order valence-electron chi connectivity index (χ4n) is 5.10. The summed E-state index contributed by atoms with van der Waals surface area (Å²) in [7, 11) is 1.60. The van der Waals surface area contributed by atoms with Crippen LogP contribution in [0, 0.1) is 0 Å². The number of benzene rings is 4. The Labute approximate surface area is 302 Å². The monoisotopic (exact) mass is 736 g/mol. The minimum Gasteiger partial charge on any atom is -0.497 e. The molecule has 52 heavy (non-hydrogen) atoms. The number of methoxy groups -OCH3 is 4. The van der Waals surface area contributed by atoms with Gasteiger partial charge >= 0.3 is 13.8 Å². The van der Waals surface area contributed by atoms with E-state index in [4.69, 9.17) is 46.7 Å². The molecule has 0 amide bonds. The van der Waals surface area contributed by atoms with Gasteiger partial charge in [0.25, 0.3) is 0 Å². The Morgan fingerprint density at radius 1 is 0.635 bits per heavy atom. The van der Waals surface area contributed by atoms with Gasteiger partial charge in [-0.1, -0.05) is 48.5 Å². The number of rotatable bonds is 20. The minimum atomic E-state index is -4.53. The summed E-state index contributed by atoms with van der Waals surface area (Å²) >= 11 is 0. The van der Waals surface area contributed by atoms with Gasteiger partial charge in [0.15, 0.2) is 11.9 Å². The number of carbonyl (C=O) groups is 1. The van der Waals surface area contributed by atoms with E-state index < -0.39 is 32.6 Å². The Kier molecular flexibility index (Phi) is 13.6. The average molecular weight is 737 g/mol. The maximum Gasteiger partial charge on any atom is 0.475 e. The first-order valence-electron chi connectivity index (χ1n) is 16.2. The summed E-state index contributed by atoms with van der Waals surface area (Å²) in [5.74, 6) is 1.11. The first-order valence-corrected chi connectivity index (χ1v) is 17.6. The molecule has 0 spiro atoms. The molecule has 0 aliphatic carbocycles. The molecule has 0 bridgehead atoms. The zero-order valence-corrected chi connectivity index (χ0v) is 30.1. The molecular formula is C38H41O13P. The summed E-state index contributed by atoms with van der Waals surface area (Å²) in [6.07, 6.45) is -2.89. The number of ether oxygens (including phenoxy) is 7. The lowest BCUT2D eigenvalue weighted by Crippen LogP contribution is -2.35.